The largest absolute Gasteiger partial charge is 0.369 e. The van der Waals surface area contributed by atoms with E-state index in [2.05, 4.69) is 29.5 Å². The standard InChI is InChI=1S/C22H34N6O3S/c1-13(2)11-16-7-9-17(10-8-16)14(3)20(31)32-12-18(25-15(4)29)19(30)26-21(23)27-22(24)28(5)6/h7-10,13-14,18H,11-12H2,1-6H3,(H,25,29)(H4,23,24,26,27,30)/t14-,18+/m1/s1. The summed E-state index contributed by atoms with van der Waals surface area (Å²) < 4.78 is 0. The van der Waals surface area contributed by atoms with E-state index in [1.807, 2.05) is 31.2 Å². The lowest BCUT2D eigenvalue weighted by Crippen LogP contribution is -2.51. The Morgan fingerprint density at radius 2 is 1.75 bits per heavy atom. The van der Waals surface area contributed by atoms with Crippen LogP contribution < -0.4 is 16.4 Å². The summed E-state index contributed by atoms with van der Waals surface area (Å²) in [6, 6.07) is 6.99. The molecule has 0 aromatic heterocycles. The molecular weight excluding hydrogens is 428 g/mol. The number of aliphatic imine (C=N–C) groups is 1. The third-order valence-corrected chi connectivity index (χ3v) is 5.60. The van der Waals surface area contributed by atoms with Crippen molar-refractivity contribution in [1.82, 2.24) is 15.5 Å². The quantitative estimate of drug-likeness (QED) is 0.342. The molecule has 0 aliphatic rings. The van der Waals surface area contributed by atoms with Crippen molar-refractivity contribution in [2.75, 3.05) is 19.8 Å². The van der Waals surface area contributed by atoms with Gasteiger partial charge in [-0.05, 0) is 23.5 Å². The van der Waals surface area contributed by atoms with Gasteiger partial charge in [0.2, 0.25) is 23.7 Å². The van der Waals surface area contributed by atoms with Crippen LogP contribution in [0.1, 0.15) is 44.7 Å². The number of amides is 2. The number of hydrogen-bond donors (Lipinski definition) is 4. The number of nitrogens with zero attached hydrogens (tertiary/aromatic N) is 2. The molecule has 0 heterocycles. The molecule has 0 aliphatic carbocycles. The lowest BCUT2D eigenvalue weighted by molar-refractivity contribution is -0.126. The highest BCUT2D eigenvalue weighted by Gasteiger charge is 2.24. The van der Waals surface area contributed by atoms with Crippen LogP contribution in [-0.4, -0.2) is 59.6 Å². The van der Waals surface area contributed by atoms with Crippen molar-refractivity contribution < 1.29 is 14.4 Å². The fourth-order valence-electron chi connectivity index (χ4n) is 2.72. The molecule has 1 aromatic rings. The Morgan fingerprint density at radius 1 is 1.16 bits per heavy atom. The van der Waals surface area contributed by atoms with Crippen LogP contribution in [0.4, 0.5) is 0 Å². The molecule has 2 amide bonds. The van der Waals surface area contributed by atoms with Crippen molar-refractivity contribution in [1.29, 1.82) is 5.41 Å². The molecule has 0 unspecified atom stereocenters. The Morgan fingerprint density at radius 3 is 2.25 bits per heavy atom. The zero-order valence-electron chi connectivity index (χ0n) is 19.6. The van der Waals surface area contributed by atoms with Crippen LogP contribution in [0.5, 0.6) is 0 Å². The van der Waals surface area contributed by atoms with E-state index in [0.717, 1.165) is 23.7 Å². The molecule has 0 fully saturated rings. The maximum Gasteiger partial charge on any atom is 0.250 e. The first-order valence-electron chi connectivity index (χ1n) is 10.3. The van der Waals surface area contributed by atoms with Crippen LogP contribution in [0.25, 0.3) is 0 Å². The number of guanidine groups is 2. The van der Waals surface area contributed by atoms with Crippen molar-refractivity contribution in [3.05, 3.63) is 35.4 Å². The minimum Gasteiger partial charge on any atom is -0.369 e. The number of rotatable bonds is 8. The number of carbonyl (C=O) groups is 3. The normalized spacial score (nSPS) is 13.3. The number of benzene rings is 1. The molecule has 32 heavy (non-hydrogen) atoms. The Kier molecular flexibility index (Phi) is 10.9. The fourth-order valence-corrected chi connectivity index (χ4v) is 3.68. The van der Waals surface area contributed by atoms with Gasteiger partial charge in [-0.3, -0.25) is 25.1 Å². The number of nitrogens with two attached hydrogens (primary N) is 1. The van der Waals surface area contributed by atoms with Crippen molar-refractivity contribution in [3.8, 4) is 0 Å². The van der Waals surface area contributed by atoms with Gasteiger partial charge in [0.15, 0.2) is 5.12 Å². The van der Waals surface area contributed by atoms with E-state index in [1.54, 1.807) is 14.1 Å². The van der Waals surface area contributed by atoms with Gasteiger partial charge in [-0.1, -0.05) is 56.8 Å². The summed E-state index contributed by atoms with van der Waals surface area (Å²) in [4.78, 5) is 41.9. The minimum absolute atomic E-state index is 0.0401. The Balaban J connectivity index is 2.77. The zero-order valence-corrected chi connectivity index (χ0v) is 20.4. The predicted molar refractivity (Wildman–Crippen MR) is 130 cm³/mol. The summed E-state index contributed by atoms with van der Waals surface area (Å²) >= 11 is 0.973. The Hall–Kier alpha value is -2.88. The van der Waals surface area contributed by atoms with Gasteiger partial charge in [0.25, 0.3) is 0 Å². The van der Waals surface area contributed by atoms with Gasteiger partial charge < -0.3 is 16.0 Å². The molecule has 0 saturated heterocycles. The summed E-state index contributed by atoms with van der Waals surface area (Å²) in [5.74, 6) is -1.20. The molecule has 176 valence electrons. The monoisotopic (exact) mass is 462 g/mol. The summed E-state index contributed by atoms with van der Waals surface area (Å²) in [5.41, 5.74) is 7.79. The molecule has 5 N–H and O–H groups in total. The molecular formula is C22H34N6O3S. The molecule has 0 aliphatic heterocycles. The molecule has 0 saturated carbocycles. The average Bonchev–Trinajstić information content (AvgIpc) is 2.69. The van der Waals surface area contributed by atoms with Gasteiger partial charge in [-0.15, -0.1) is 0 Å². The van der Waals surface area contributed by atoms with E-state index in [0.29, 0.717) is 5.92 Å². The van der Waals surface area contributed by atoms with Crippen LogP contribution in [0.2, 0.25) is 0 Å². The van der Waals surface area contributed by atoms with Crippen LogP contribution in [-0.2, 0) is 20.8 Å². The number of carbonyl (C=O) groups excluding carboxylic acids is 3. The van der Waals surface area contributed by atoms with E-state index >= 15 is 0 Å². The van der Waals surface area contributed by atoms with Crippen LogP contribution in [0, 0.1) is 11.3 Å². The van der Waals surface area contributed by atoms with Crippen molar-refractivity contribution in [2.45, 2.75) is 46.1 Å². The van der Waals surface area contributed by atoms with Crippen LogP contribution in [0.15, 0.2) is 29.3 Å². The molecule has 10 heteroatoms. The topological polar surface area (TPSA) is 141 Å². The Labute approximate surface area is 194 Å². The Bertz CT molecular complexity index is 852. The molecule has 0 bridgehead atoms. The molecule has 0 spiro atoms. The third-order valence-electron chi connectivity index (χ3n) is 4.46. The van der Waals surface area contributed by atoms with E-state index in [-0.39, 0.29) is 28.7 Å². The second-order valence-corrected chi connectivity index (χ2v) is 9.17. The molecule has 2 atom stereocenters. The second kappa shape index (κ2) is 12.8. The number of hydrogen-bond acceptors (Lipinski definition) is 5. The van der Waals surface area contributed by atoms with Crippen molar-refractivity contribution >= 4 is 40.6 Å². The molecule has 1 rings (SSSR count). The average molecular weight is 463 g/mol. The summed E-state index contributed by atoms with van der Waals surface area (Å²) in [7, 11) is 3.23. The highest BCUT2D eigenvalue weighted by atomic mass is 32.2. The third kappa shape index (κ3) is 9.51. The fraction of sp³-hybridized carbons (Fsp3) is 0.500. The van der Waals surface area contributed by atoms with Gasteiger partial charge in [-0.25, -0.2) is 0 Å². The predicted octanol–water partition coefficient (Wildman–Crippen LogP) is 1.68. The molecule has 9 nitrogen and oxygen atoms in total. The van der Waals surface area contributed by atoms with Crippen LogP contribution in [0.3, 0.4) is 0 Å². The highest BCUT2D eigenvalue weighted by Crippen LogP contribution is 2.23. The van der Waals surface area contributed by atoms with Gasteiger partial charge in [0.1, 0.15) is 6.04 Å². The van der Waals surface area contributed by atoms with E-state index < -0.39 is 17.9 Å². The summed E-state index contributed by atoms with van der Waals surface area (Å²) in [5, 5.41) is 12.4. The summed E-state index contributed by atoms with van der Waals surface area (Å²) in [6.07, 6.45) is 0.977. The van der Waals surface area contributed by atoms with Gasteiger partial charge >= 0.3 is 0 Å². The van der Waals surface area contributed by atoms with Gasteiger partial charge in [0.05, 0.1) is 5.92 Å². The van der Waals surface area contributed by atoms with Gasteiger partial charge in [0, 0.05) is 26.8 Å². The first-order valence-corrected chi connectivity index (χ1v) is 11.3. The van der Waals surface area contributed by atoms with Crippen molar-refractivity contribution in [3.63, 3.8) is 0 Å². The number of thioether (sulfide) groups is 1. The lowest BCUT2D eigenvalue weighted by Gasteiger charge is -2.18. The maximum absolute atomic E-state index is 12.7. The maximum atomic E-state index is 12.7. The smallest absolute Gasteiger partial charge is 0.250 e. The van der Waals surface area contributed by atoms with Crippen LogP contribution >= 0.6 is 11.8 Å². The zero-order chi connectivity index (χ0) is 24.4. The SMILES string of the molecule is CC(=O)N[C@@H](CSC(=O)[C@H](C)c1ccc(CC(C)C)cc1)C(=O)N/C(N)=N/C(=N)N(C)C. The van der Waals surface area contributed by atoms with Gasteiger partial charge in [-0.2, -0.15) is 4.99 Å². The molecule has 0 radical (unpaired) electrons. The highest BCUT2D eigenvalue weighted by molar-refractivity contribution is 8.13. The second-order valence-electron chi connectivity index (χ2n) is 8.15. The van der Waals surface area contributed by atoms with Crippen molar-refractivity contribution in [2.24, 2.45) is 16.6 Å². The van der Waals surface area contributed by atoms with E-state index in [1.165, 1.54) is 17.4 Å². The number of nitrogens with one attached hydrogen (secondary N) is 3. The first-order chi connectivity index (χ1) is 14.9. The lowest BCUT2D eigenvalue weighted by atomic mass is 9.97. The first kappa shape index (κ1) is 27.2. The minimum atomic E-state index is -0.982. The van der Waals surface area contributed by atoms with E-state index in [4.69, 9.17) is 11.1 Å². The summed E-state index contributed by atoms with van der Waals surface area (Å²) in [6.45, 7) is 7.42. The van der Waals surface area contributed by atoms with E-state index in [9.17, 15) is 14.4 Å². The molecule has 1 aromatic carbocycles.